The number of ether oxygens (including phenoxy) is 2. The molecular formula is C22H27NO8S. The average molecular weight is 466 g/mol. The molecule has 0 fully saturated rings. The zero-order chi connectivity index (χ0) is 23.9. The van der Waals surface area contributed by atoms with Crippen LogP contribution in [0.1, 0.15) is 29.2 Å². The van der Waals surface area contributed by atoms with Gasteiger partial charge in [-0.05, 0) is 47.9 Å². The number of aliphatic carboxylic acids is 1. The molecule has 9 nitrogen and oxygen atoms in total. The molecule has 0 radical (unpaired) electrons. The number of carboxylic acid groups (broad SMARTS) is 1. The molecule has 4 N–H and O–H groups in total. The molecule has 2 aromatic rings. The SMILES string of the molecule is COc1ccc(CS(=O)(=O)/C=C/c2c(CO)cc(CO)cc2OC)cc1N[C@H](C)C(=O)O. The summed E-state index contributed by atoms with van der Waals surface area (Å²) in [5.41, 5.74) is 2.13. The monoisotopic (exact) mass is 465 g/mol. The number of hydrogen-bond donors (Lipinski definition) is 4. The maximum Gasteiger partial charge on any atom is 0.325 e. The number of carbonyl (C=O) groups is 1. The smallest absolute Gasteiger partial charge is 0.325 e. The lowest BCUT2D eigenvalue weighted by Crippen LogP contribution is -2.25. The maximum atomic E-state index is 12.7. The third-order valence-corrected chi connectivity index (χ3v) is 5.96. The van der Waals surface area contributed by atoms with Crippen LogP contribution < -0.4 is 14.8 Å². The lowest BCUT2D eigenvalue weighted by atomic mass is 10.0. The highest BCUT2D eigenvalue weighted by molar-refractivity contribution is 7.93. The van der Waals surface area contributed by atoms with Gasteiger partial charge in [0, 0.05) is 11.0 Å². The summed E-state index contributed by atoms with van der Waals surface area (Å²) in [6.45, 7) is 0.849. The summed E-state index contributed by atoms with van der Waals surface area (Å²) in [4.78, 5) is 11.1. The van der Waals surface area contributed by atoms with E-state index in [1.165, 1.54) is 33.3 Å². The Labute approximate surface area is 186 Å². The fraction of sp³-hybridized carbons (Fsp3) is 0.318. The third kappa shape index (κ3) is 6.46. The number of rotatable bonds is 11. The molecule has 0 unspecified atom stereocenters. The van der Waals surface area contributed by atoms with Gasteiger partial charge >= 0.3 is 5.97 Å². The van der Waals surface area contributed by atoms with Gasteiger partial charge in [-0.2, -0.15) is 0 Å². The van der Waals surface area contributed by atoms with Crippen LogP contribution in [0.2, 0.25) is 0 Å². The summed E-state index contributed by atoms with van der Waals surface area (Å²) >= 11 is 0. The number of nitrogens with one attached hydrogen (secondary N) is 1. The molecule has 2 aromatic carbocycles. The number of aliphatic hydroxyl groups excluding tert-OH is 2. The van der Waals surface area contributed by atoms with Crippen molar-refractivity contribution in [2.45, 2.75) is 31.9 Å². The molecule has 0 bridgehead atoms. The number of sulfone groups is 1. The van der Waals surface area contributed by atoms with E-state index < -0.39 is 21.8 Å². The van der Waals surface area contributed by atoms with Gasteiger partial charge in [0.2, 0.25) is 0 Å². The van der Waals surface area contributed by atoms with E-state index in [4.69, 9.17) is 14.6 Å². The van der Waals surface area contributed by atoms with E-state index in [0.717, 1.165) is 5.41 Å². The van der Waals surface area contributed by atoms with Crippen LogP contribution in [-0.4, -0.2) is 50.0 Å². The van der Waals surface area contributed by atoms with E-state index in [9.17, 15) is 23.4 Å². The van der Waals surface area contributed by atoms with Gasteiger partial charge in [-0.15, -0.1) is 0 Å². The van der Waals surface area contributed by atoms with Crippen molar-refractivity contribution in [3.05, 3.63) is 58.0 Å². The molecule has 0 saturated carbocycles. The highest BCUT2D eigenvalue weighted by Gasteiger charge is 2.16. The standard InChI is InChI=1S/C22H27NO8S/c1-14(22(26)27)23-19-9-15(4-5-20(19)30-2)13-32(28,29)7-6-18-17(12-25)8-16(11-24)10-21(18)31-3/h4-10,14,23-25H,11-13H2,1-3H3,(H,26,27)/b7-6+/t14-/m1/s1. The van der Waals surface area contributed by atoms with Gasteiger partial charge in [-0.3, -0.25) is 4.79 Å². The van der Waals surface area contributed by atoms with Crippen molar-refractivity contribution in [2.24, 2.45) is 0 Å². The quantitative estimate of drug-likeness (QED) is 0.393. The lowest BCUT2D eigenvalue weighted by molar-refractivity contribution is -0.137. The van der Waals surface area contributed by atoms with E-state index in [0.29, 0.717) is 39.4 Å². The van der Waals surface area contributed by atoms with E-state index in [1.807, 2.05) is 0 Å². The predicted octanol–water partition coefficient (Wildman–Crippen LogP) is 2.16. The van der Waals surface area contributed by atoms with Crippen LogP contribution in [-0.2, 0) is 33.6 Å². The molecule has 174 valence electrons. The highest BCUT2D eigenvalue weighted by atomic mass is 32.2. The Morgan fingerprint density at radius 2 is 1.75 bits per heavy atom. The van der Waals surface area contributed by atoms with Crippen LogP contribution in [0.25, 0.3) is 6.08 Å². The second kappa shape index (κ2) is 11.0. The summed E-state index contributed by atoms with van der Waals surface area (Å²) in [5, 5.41) is 31.9. The minimum Gasteiger partial charge on any atom is -0.496 e. The van der Waals surface area contributed by atoms with Gasteiger partial charge in [0.15, 0.2) is 9.84 Å². The molecule has 10 heteroatoms. The van der Waals surface area contributed by atoms with Gasteiger partial charge in [0.25, 0.3) is 0 Å². The Balaban J connectivity index is 2.33. The number of carboxylic acids is 1. The van der Waals surface area contributed by atoms with Gasteiger partial charge in [-0.1, -0.05) is 12.1 Å². The molecule has 32 heavy (non-hydrogen) atoms. The first-order valence-corrected chi connectivity index (χ1v) is 11.3. The molecule has 0 aliphatic carbocycles. The van der Waals surface area contributed by atoms with E-state index in [2.05, 4.69) is 5.32 Å². The molecule has 0 heterocycles. The number of hydrogen-bond acceptors (Lipinski definition) is 8. The minimum absolute atomic E-state index is 0.250. The van der Waals surface area contributed by atoms with Gasteiger partial charge in [0.1, 0.15) is 17.5 Å². The van der Waals surface area contributed by atoms with E-state index >= 15 is 0 Å². The van der Waals surface area contributed by atoms with Crippen molar-refractivity contribution in [1.29, 1.82) is 0 Å². The third-order valence-electron chi connectivity index (χ3n) is 4.68. The fourth-order valence-corrected chi connectivity index (χ4v) is 4.12. The number of benzene rings is 2. The Morgan fingerprint density at radius 3 is 2.31 bits per heavy atom. The predicted molar refractivity (Wildman–Crippen MR) is 120 cm³/mol. The van der Waals surface area contributed by atoms with Crippen LogP contribution >= 0.6 is 0 Å². The second-order valence-electron chi connectivity index (χ2n) is 7.04. The van der Waals surface area contributed by atoms with Crippen LogP contribution in [0, 0.1) is 0 Å². The second-order valence-corrected chi connectivity index (χ2v) is 8.92. The summed E-state index contributed by atoms with van der Waals surface area (Å²) in [6.07, 6.45) is 1.34. The van der Waals surface area contributed by atoms with Crippen LogP contribution in [0.4, 0.5) is 5.69 Å². The number of methoxy groups -OCH3 is 2. The Morgan fingerprint density at radius 1 is 1.06 bits per heavy atom. The van der Waals surface area contributed by atoms with Crippen LogP contribution in [0.3, 0.4) is 0 Å². The first-order valence-electron chi connectivity index (χ1n) is 9.62. The lowest BCUT2D eigenvalue weighted by Gasteiger charge is -2.15. The first-order chi connectivity index (χ1) is 15.1. The molecule has 0 aromatic heterocycles. The summed E-state index contributed by atoms with van der Waals surface area (Å²) in [7, 11) is -0.892. The number of anilines is 1. The van der Waals surface area contributed by atoms with Crippen molar-refractivity contribution in [3.8, 4) is 11.5 Å². The van der Waals surface area contributed by atoms with E-state index in [-0.39, 0.29) is 19.0 Å². The molecule has 1 atom stereocenters. The summed E-state index contributed by atoms with van der Waals surface area (Å²) < 4.78 is 35.9. The normalized spacial score (nSPS) is 12.5. The van der Waals surface area contributed by atoms with Gasteiger partial charge < -0.3 is 30.1 Å². The fourth-order valence-electron chi connectivity index (χ4n) is 3.03. The van der Waals surface area contributed by atoms with Crippen molar-refractivity contribution in [1.82, 2.24) is 0 Å². The summed E-state index contributed by atoms with van der Waals surface area (Å²) in [6, 6.07) is 6.90. The number of aliphatic hydroxyl groups is 2. The molecule has 0 amide bonds. The van der Waals surface area contributed by atoms with Crippen molar-refractivity contribution in [3.63, 3.8) is 0 Å². The van der Waals surface area contributed by atoms with Gasteiger partial charge in [0.05, 0.1) is 38.9 Å². The van der Waals surface area contributed by atoms with Crippen molar-refractivity contribution in [2.75, 3.05) is 19.5 Å². The Kier molecular flexibility index (Phi) is 8.64. The summed E-state index contributed by atoms with van der Waals surface area (Å²) in [5.74, 6) is -0.689. The Hall–Kier alpha value is -3.08. The highest BCUT2D eigenvalue weighted by Crippen LogP contribution is 2.29. The molecule has 0 aliphatic rings. The Bertz CT molecular complexity index is 1070. The largest absolute Gasteiger partial charge is 0.496 e. The van der Waals surface area contributed by atoms with Crippen LogP contribution in [0.5, 0.6) is 11.5 Å². The zero-order valence-electron chi connectivity index (χ0n) is 18.0. The topological polar surface area (TPSA) is 142 Å². The average Bonchev–Trinajstić information content (AvgIpc) is 2.76. The van der Waals surface area contributed by atoms with Crippen molar-refractivity contribution >= 4 is 27.6 Å². The van der Waals surface area contributed by atoms with Crippen LogP contribution in [0.15, 0.2) is 35.7 Å². The zero-order valence-corrected chi connectivity index (χ0v) is 18.8. The molecule has 0 saturated heterocycles. The molecule has 0 aliphatic heterocycles. The minimum atomic E-state index is -3.73. The molecular weight excluding hydrogens is 438 g/mol. The van der Waals surface area contributed by atoms with E-state index in [1.54, 1.807) is 24.3 Å². The first kappa shape index (κ1) is 25.2. The molecule has 2 rings (SSSR count). The van der Waals surface area contributed by atoms with Crippen molar-refractivity contribution < 1.29 is 38.0 Å². The maximum absolute atomic E-state index is 12.7. The molecule has 0 spiro atoms. The van der Waals surface area contributed by atoms with Gasteiger partial charge in [-0.25, -0.2) is 8.42 Å².